The summed E-state index contributed by atoms with van der Waals surface area (Å²) in [5.41, 5.74) is 0.495. The van der Waals surface area contributed by atoms with Crippen molar-refractivity contribution in [3.63, 3.8) is 0 Å². The molecule has 0 saturated heterocycles. The van der Waals surface area contributed by atoms with Gasteiger partial charge in [0.25, 0.3) is 5.69 Å². The number of nitro benzene ring substituents is 1. The van der Waals surface area contributed by atoms with Crippen LogP contribution in [0.1, 0.15) is 6.92 Å². The smallest absolute Gasteiger partial charge is 0.277 e. The molecule has 1 heterocycles. The predicted octanol–water partition coefficient (Wildman–Crippen LogP) is 3.08. The summed E-state index contributed by atoms with van der Waals surface area (Å²) in [6, 6.07) is 8.91. The lowest BCUT2D eigenvalue weighted by molar-refractivity contribution is -0.384. The third-order valence-electron chi connectivity index (χ3n) is 4.16. The van der Waals surface area contributed by atoms with Crippen LogP contribution >= 0.6 is 0 Å². The van der Waals surface area contributed by atoms with Gasteiger partial charge in [-0.05, 0) is 6.07 Å². The molecule has 0 fully saturated rings. The van der Waals surface area contributed by atoms with Crippen molar-refractivity contribution in [1.82, 2.24) is 4.98 Å². The number of methoxy groups -OCH3 is 2. The Morgan fingerprint density at radius 3 is 2.46 bits per heavy atom. The van der Waals surface area contributed by atoms with Gasteiger partial charge in [0.1, 0.15) is 5.75 Å². The van der Waals surface area contributed by atoms with Crippen LogP contribution in [0.15, 0.2) is 41.2 Å². The highest BCUT2D eigenvalue weighted by Gasteiger charge is 2.23. The van der Waals surface area contributed by atoms with Crippen LogP contribution in [0, 0.1) is 10.1 Å². The van der Waals surface area contributed by atoms with Gasteiger partial charge in [0.2, 0.25) is 11.5 Å². The number of anilines is 1. The average molecular weight is 383 g/mol. The maximum absolute atomic E-state index is 12.4. The van der Waals surface area contributed by atoms with Gasteiger partial charge in [0, 0.05) is 30.7 Å². The minimum atomic E-state index is -0.516. The van der Waals surface area contributed by atoms with Crippen molar-refractivity contribution in [3.8, 4) is 22.6 Å². The molecule has 3 rings (SSSR count). The van der Waals surface area contributed by atoms with Crippen molar-refractivity contribution in [2.45, 2.75) is 6.92 Å². The van der Waals surface area contributed by atoms with Gasteiger partial charge in [0.05, 0.1) is 41.3 Å². The van der Waals surface area contributed by atoms with E-state index in [4.69, 9.17) is 9.47 Å². The first-order valence-electron chi connectivity index (χ1n) is 8.20. The molecule has 0 atom stereocenters. The van der Waals surface area contributed by atoms with Gasteiger partial charge in [-0.2, -0.15) is 0 Å². The summed E-state index contributed by atoms with van der Waals surface area (Å²) < 4.78 is 10.9. The molecule has 0 bridgehead atoms. The molecule has 0 aliphatic heterocycles. The number of hydrogen-bond acceptors (Lipinski definition) is 6. The molecule has 0 aliphatic rings. The van der Waals surface area contributed by atoms with E-state index in [9.17, 15) is 19.7 Å². The summed E-state index contributed by atoms with van der Waals surface area (Å²) in [6.07, 6.45) is 0. The third kappa shape index (κ3) is 3.25. The van der Waals surface area contributed by atoms with Crippen LogP contribution in [-0.2, 0) is 4.79 Å². The molecule has 0 radical (unpaired) electrons. The molecule has 9 nitrogen and oxygen atoms in total. The predicted molar refractivity (Wildman–Crippen MR) is 104 cm³/mol. The van der Waals surface area contributed by atoms with Gasteiger partial charge < -0.3 is 19.8 Å². The van der Waals surface area contributed by atoms with Crippen LogP contribution in [0.2, 0.25) is 0 Å². The van der Waals surface area contributed by atoms with E-state index in [1.165, 1.54) is 33.3 Å². The van der Waals surface area contributed by atoms with Gasteiger partial charge >= 0.3 is 0 Å². The monoisotopic (exact) mass is 383 g/mol. The van der Waals surface area contributed by atoms with E-state index < -0.39 is 10.5 Å². The fourth-order valence-electron chi connectivity index (χ4n) is 3.12. The summed E-state index contributed by atoms with van der Waals surface area (Å²) in [5.74, 6) is 0.185. The zero-order chi connectivity index (χ0) is 20.4. The number of hydrogen-bond donors (Lipinski definition) is 2. The second-order valence-corrected chi connectivity index (χ2v) is 5.91. The van der Waals surface area contributed by atoms with E-state index in [1.54, 1.807) is 24.3 Å². The highest BCUT2D eigenvalue weighted by Crippen LogP contribution is 2.44. The van der Waals surface area contributed by atoms with Gasteiger partial charge in [0.15, 0.2) is 5.75 Å². The summed E-state index contributed by atoms with van der Waals surface area (Å²) in [5, 5.41) is 14.5. The number of nitro groups is 1. The molecular formula is C19H17N3O6. The van der Waals surface area contributed by atoms with E-state index in [-0.39, 0.29) is 28.4 Å². The number of fused-ring (bicyclic) bond motifs is 1. The van der Waals surface area contributed by atoms with Crippen molar-refractivity contribution in [2.75, 3.05) is 19.5 Å². The first kappa shape index (κ1) is 18.9. The molecule has 2 aromatic carbocycles. The molecule has 28 heavy (non-hydrogen) atoms. The molecule has 9 heteroatoms. The standard InChI is InChI=1S/C19H17N3O6/c1-10(23)20-13-9-15(27-2)17-12(8-16(24)21-18(17)19(13)28-3)11-6-4-5-7-14(11)22(25)26/h4-9H,1-3H3,(H,20,23)(H,21,24). The van der Waals surface area contributed by atoms with Crippen molar-refractivity contribution in [2.24, 2.45) is 0 Å². The molecule has 3 aromatic rings. The second kappa shape index (κ2) is 7.39. The van der Waals surface area contributed by atoms with Crippen molar-refractivity contribution < 1.29 is 19.2 Å². The number of aromatic amines is 1. The number of nitrogens with zero attached hydrogens (tertiary/aromatic N) is 1. The SMILES string of the molecule is COc1c(NC(C)=O)cc(OC)c2c(-c3ccccc3[N+](=O)[O-])cc(=O)[nH]c12. The molecule has 1 amide bonds. The number of carbonyl (C=O) groups excluding carboxylic acids is 1. The van der Waals surface area contributed by atoms with Gasteiger partial charge in [-0.15, -0.1) is 0 Å². The number of para-hydroxylation sites is 1. The minimum Gasteiger partial charge on any atom is -0.496 e. The Labute approximate surface area is 159 Å². The Hall–Kier alpha value is -3.88. The molecule has 0 spiro atoms. The van der Waals surface area contributed by atoms with E-state index in [0.717, 1.165) is 0 Å². The normalized spacial score (nSPS) is 10.5. The fraction of sp³-hybridized carbons (Fsp3) is 0.158. The number of pyridine rings is 1. The molecule has 2 N–H and O–H groups in total. The van der Waals surface area contributed by atoms with Crippen molar-refractivity contribution in [3.05, 3.63) is 56.9 Å². The lowest BCUT2D eigenvalue weighted by Crippen LogP contribution is -2.11. The minimum absolute atomic E-state index is 0.152. The van der Waals surface area contributed by atoms with Gasteiger partial charge in [-0.3, -0.25) is 19.7 Å². The second-order valence-electron chi connectivity index (χ2n) is 5.91. The summed E-state index contributed by atoms with van der Waals surface area (Å²) in [7, 11) is 2.82. The van der Waals surface area contributed by atoms with Crippen molar-refractivity contribution >= 4 is 28.2 Å². The van der Waals surface area contributed by atoms with Crippen LogP contribution in [0.3, 0.4) is 0 Å². The zero-order valence-corrected chi connectivity index (χ0v) is 15.4. The molecule has 1 aromatic heterocycles. The summed E-state index contributed by atoms with van der Waals surface area (Å²) in [6.45, 7) is 1.34. The van der Waals surface area contributed by atoms with Gasteiger partial charge in [-0.1, -0.05) is 12.1 Å². The summed E-state index contributed by atoms with van der Waals surface area (Å²) in [4.78, 5) is 37.5. The van der Waals surface area contributed by atoms with Crippen LogP contribution in [0.4, 0.5) is 11.4 Å². The molecule has 0 saturated carbocycles. The first-order chi connectivity index (χ1) is 13.4. The maximum Gasteiger partial charge on any atom is 0.277 e. The zero-order valence-electron chi connectivity index (χ0n) is 15.4. The molecule has 144 valence electrons. The summed E-state index contributed by atoms with van der Waals surface area (Å²) >= 11 is 0. The van der Waals surface area contributed by atoms with E-state index in [2.05, 4.69) is 10.3 Å². The molecule has 0 unspecified atom stereocenters. The number of ether oxygens (including phenoxy) is 2. The number of amides is 1. The van der Waals surface area contributed by atoms with E-state index in [0.29, 0.717) is 22.4 Å². The Kier molecular flexibility index (Phi) is 4.99. The first-order valence-corrected chi connectivity index (χ1v) is 8.20. The number of carbonyl (C=O) groups is 1. The number of H-pyrrole nitrogens is 1. The quantitative estimate of drug-likeness (QED) is 0.515. The van der Waals surface area contributed by atoms with E-state index >= 15 is 0 Å². The Morgan fingerprint density at radius 1 is 1.14 bits per heavy atom. The van der Waals surface area contributed by atoms with Crippen LogP contribution in [0.5, 0.6) is 11.5 Å². The molecular weight excluding hydrogens is 366 g/mol. The lowest BCUT2D eigenvalue weighted by Gasteiger charge is -2.17. The van der Waals surface area contributed by atoms with Crippen molar-refractivity contribution in [1.29, 1.82) is 0 Å². The fourth-order valence-corrected chi connectivity index (χ4v) is 3.12. The highest BCUT2D eigenvalue weighted by atomic mass is 16.6. The van der Waals surface area contributed by atoms with E-state index in [1.807, 2.05) is 0 Å². The average Bonchev–Trinajstić information content (AvgIpc) is 2.66. The number of nitrogens with one attached hydrogen (secondary N) is 2. The molecule has 0 aliphatic carbocycles. The number of benzene rings is 2. The largest absolute Gasteiger partial charge is 0.496 e. The number of rotatable bonds is 5. The Bertz CT molecular complexity index is 1150. The number of aromatic nitrogens is 1. The lowest BCUT2D eigenvalue weighted by atomic mass is 9.98. The van der Waals surface area contributed by atoms with Crippen LogP contribution in [-0.4, -0.2) is 30.0 Å². The Morgan fingerprint density at radius 2 is 1.86 bits per heavy atom. The van der Waals surface area contributed by atoms with Crippen LogP contribution < -0.4 is 20.3 Å². The topological polar surface area (TPSA) is 124 Å². The van der Waals surface area contributed by atoms with Gasteiger partial charge in [-0.25, -0.2) is 0 Å². The highest BCUT2D eigenvalue weighted by molar-refractivity contribution is 6.07. The van der Waals surface area contributed by atoms with Crippen LogP contribution in [0.25, 0.3) is 22.0 Å². The third-order valence-corrected chi connectivity index (χ3v) is 4.16. The maximum atomic E-state index is 12.4. The Balaban J connectivity index is 2.49.